The van der Waals surface area contributed by atoms with Crippen LogP contribution in [0.2, 0.25) is 0 Å². The van der Waals surface area contributed by atoms with Crippen LogP contribution in [0.4, 0.5) is 0 Å². The lowest BCUT2D eigenvalue weighted by atomic mass is 10.2. The molecule has 4 heterocycles. The molecule has 0 fully saturated rings. The molecule has 0 aliphatic carbocycles. The second kappa shape index (κ2) is 2.98. The van der Waals surface area contributed by atoms with E-state index in [-0.39, 0.29) is 0 Å². The molecular formula is C12H7N5. The van der Waals surface area contributed by atoms with E-state index >= 15 is 0 Å². The zero-order chi connectivity index (χ0) is 11.2. The Balaban J connectivity index is 2.48. The van der Waals surface area contributed by atoms with Crippen LogP contribution in [-0.2, 0) is 0 Å². The van der Waals surface area contributed by atoms with Gasteiger partial charge in [0.15, 0.2) is 0 Å². The van der Waals surface area contributed by atoms with E-state index in [1.54, 1.807) is 25.0 Å². The molecule has 0 radical (unpaired) electrons. The number of hydrogen-bond acceptors (Lipinski definition) is 4. The third kappa shape index (κ3) is 1.02. The first-order valence-corrected chi connectivity index (χ1v) is 5.23. The molecule has 5 heteroatoms. The Labute approximate surface area is 95.8 Å². The van der Waals surface area contributed by atoms with E-state index in [2.05, 4.69) is 19.9 Å². The third-order valence-corrected chi connectivity index (χ3v) is 2.90. The highest BCUT2D eigenvalue weighted by atomic mass is 15.0. The summed E-state index contributed by atoms with van der Waals surface area (Å²) < 4.78 is 1.96. The third-order valence-electron chi connectivity index (χ3n) is 2.90. The first kappa shape index (κ1) is 8.58. The molecule has 80 valence electrons. The maximum Gasteiger partial charge on any atom is 0.116 e. The van der Waals surface area contributed by atoms with Crippen LogP contribution in [0.5, 0.6) is 0 Å². The summed E-state index contributed by atoms with van der Waals surface area (Å²) in [5.41, 5.74) is 3.73. The van der Waals surface area contributed by atoms with Gasteiger partial charge in [0.2, 0.25) is 0 Å². The van der Waals surface area contributed by atoms with Crippen molar-refractivity contribution in [2.75, 3.05) is 0 Å². The molecular weight excluding hydrogens is 214 g/mol. The number of aromatic nitrogens is 5. The molecule has 5 nitrogen and oxygen atoms in total. The molecule has 0 bridgehead atoms. The normalized spacial score (nSPS) is 11.5. The standard InChI is InChI=1S/C12H7N5/c1-2-8-11(15-3-1)10-5-14-7-17(10)9-4-13-6-16-12(8)9/h1-7H. The number of pyridine rings is 2. The first-order chi connectivity index (χ1) is 8.45. The zero-order valence-electron chi connectivity index (χ0n) is 8.78. The number of fused-ring (bicyclic) bond motifs is 6. The van der Waals surface area contributed by atoms with Gasteiger partial charge >= 0.3 is 0 Å². The van der Waals surface area contributed by atoms with Gasteiger partial charge in [0.25, 0.3) is 0 Å². The van der Waals surface area contributed by atoms with Crippen molar-refractivity contribution in [1.29, 1.82) is 0 Å². The topological polar surface area (TPSA) is 56.0 Å². The first-order valence-electron chi connectivity index (χ1n) is 5.23. The Hall–Kier alpha value is -2.56. The van der Waals surface area contributed by atoms with E-state index < -0.39 is 0 Å². The van der Waals surface area contributed by atoms with Crippen LogP contribution in [0.25, 0.3) is 27.5 Å². The summed E-state index contributed by atoms with van der Waals surface area (Å²) in [7, 11) is 0. The Kier molecular flexibility index (Phi) is 1.50. The predicted octanol–water partition coefficient (Wildman–Crippen LogP) is 1.83. The van der Waals surface area contributed by atoms with Crippen molar-refractivity contribution >= 4 is 27.5 Å². The van der Waals surface area contributed by atoms with Crippen LogP contribution < -0.4 is 0 Å². The van der Waals surface area contributed by atoms with Crippen LogP contribution in [0, 0.1) is 0 Å². The highest BCUT2D eigenvalue weighted by molar-refractivity contribution is 6.08. The summed E-state index contributed by atoms with van der Waals surface area (Å²) in [4.78, 5) is 17.0. The van der Waals surface area contributed by atoms with Crippen molar-refractivity contribution < 1.29 is 0 Å². The molecule has 0 aliphatic rings. The monoisotopic (exact) mass is 221 g/mol. The molecule has 0 spiro atoms. The summed E-state index contributed by atoms with van der Waals surface area (Å²) in [5.74, 6) is 0. The van der Waals surface area contributed by atoms with E-state index in [0.29, 0.717) is 0 Å². The molecule has 0 saturated carbocycles. The van der Waals surface area contributed by atoms with Crippen LogP contribution in [0.1, 0.15) is 0 Å². The van der Waals surface area contributed by atoms with Gasteiger partial charge in [-0.3, -0.25) is 9.38 Å². The molecule has 0 aliphatic heterocycles. The highest BCUT2D eigenvalue weighted by Gasteiger charge is 2.09. The molecule has 17 heavy (non-hydrogen) atoms. The fraction of sp³-hybridized carbons (Fsp3) is 0. The van der Waals surface area contributed by atoms with E-state index in [0.717, 1.165) is 27.5 Å². The fourth-order valence-corrected chi connectivity index (χ4v) is 2.17. The quantitative estimate of drug-likeness (QED) is 0.425. The minimum absolute atomic E-state index is 0.897. The van der Waals surface area contributed by atoms with Gasteiger partial charge in [0.05, 0.1) is 40.8 Å². The van der Waals surface area contributed by atoms with Gasteiger partial charge in [-0.25, -0.2) is 15.0 Å². The Morgan fingerprint density at radius 3 is 2.71 bits per heavy atom. The summed E-state index contributed by atoms with van der Waals surface area (Å²) in [6.07, 6.45) is 8.69. The SMILES string of the molecule is c1cnc2c(c1)c1ncncc1n1cncc21. The predicted molar refractivity (Wildman–Crippen MR) is 63.6 cm³/mol. The van der Waals surface area contributed by atoms with Gasteiger partial charge in [-0.1, -0.05) is 0 Å². The van der Waals surface area contributed by atoms with Gasteiger partial charge < -0.3 is 0 Å². The molecule has 4 aromatic heterocycles. The largest absolute Gasteiger partial charge is 0.294 e. The minimum Gasteiger partial charge on any atom is -0.294 e. The molecule has 0 amide bonds. The minimum atomic E-state index is 0.897. The lowest BCUT2D eigenvalue weighted by Gasteiger charge is -2.05. The van der Waals surface area contributed by atoms with Gasteiger partial charge in [-0.05, 0) is 12.1 Å². The Morgan fingerprint density at radius 2 is 1.76 bits per heavy atom. The lowest BCUT2D eigenvalue weighted by Crippen LogP contribution is -1.93. The zero-order valence-corrected chi connectivity index (χ0v) is 8.78. The van der Waals surface area contributed by atoms with Gasteiger partial charge in [-0.2, -0.15) is 0 Å². The van der Waals surface area contributed by atoms with E-state index in [1.807, 2.05) is 22.7 Å². The fourth-order valence-electron chi connectivity index (χ4n) is 2.17. The number of nitrogens with zero attached hydrogens (tertiary/aromatic N) is 5. The summed E-state index contributed by atoms with van der Waals surface area (Å²) in [5, 5.41) is 1.03. The van der Waals surface area contributed by atoms with E-state index in [4.69, 9.17) is 0 Å². The molecule has 0 saturated heterocycles. The van der Waals surface area contributed by atoms with Crippen molar-refractivity contribution in [1.82, 2.24) is 24.3 Å². The van der Waals surface area contributed by atoms with Crippen molar-refractivity contribution in [3.63, 3.8) is 0 Å². The Morgan fingerprint density at radius 1 is 0.941 bits per heavy atom. The van der Waals surface area contributed by atoms with E-state index in [1.165, 1.54) is 0 Å². The van der Waals surface area contributed by atoms with Crippen LogP contribution in [-0.4, -0.2) is 24.3 Å². The van der Waals surface area contributed by atoms with Crippen LogP contribution >= 0.6 is 0 Å². The molecule has 0 aromatic carbocycles. The van der Waals surface area contributed by atoms with E-state index in [9.17, 15) is 0 Å². The smallest absolute Gasteiger partial charge is 0.116 e. The molecule has 0 atom stereocenters. The van der Waals surface area contributed by atoms with Crippen molar-refractivity contribution in [3.8, 4) is 0 Å². The average Bonchev–Trinajstić information content (AvgIpc) is 2.89. The number of imidazole rings is 1. The van der Waals surface area contributed by atoms with Crippen molar-refractivity contribution in [2.24, 2.45) is 0 Å². The molecule has 4 aromatic rings. The lowest BCUT2D eigenvalue weighted by molar-refractivity contribution is 1.15. The second-order valence-corrected chi connectivity index (χ2v) is 3.81. The number of hydrogen-bond donors (Lipinski definition) is 0. The maximum atomic E-state index is 4.41. The van der Waals surface area contributed by atoms with Crippen LogP contribution in [0.3, 0.4) is 0 Å². The Bertz CT molecular complexity index is 779. The molecule has 0 N–H and O–H groups in total. The summed E-state index contributed by atoms with van der Waals surface area (Å²) in [6, 6.07) is 3.93. The van der Waals surface area contributed by atoms with Gasteiger partial charge in [0.1, 0.15) is 6.33 Å². The van der Waals surface area contributed by atoms with Gasteiger partial charge in [0, 0.05) is 11.6 Å². The second-order valence-electron chi connectivity index (χ2n) is 3.81. The van der Waals surface area contributed by atoms with Gasteiger partial charge in [-0.15, -0.1) is 0 Å². The van der Waals surface area contributed by atoms with Crippen LogP contribution in [0.15, 0.2) is 43.4 Å². The highest BCUT2D eigenvalue weighted by Crippen LogP contribution is 2.25. The van der Waals surface area contributed by atoms with Crippen molar-refractivity contribution in [2.45, 2.75) is 0 Å². The molecule has 0 unspecified atom stereocenters. The number of rotatable bonds is 0. The summed E-state index contributed by atoms with van der Waals surface area (Å²) >= 11 is 0. The maximum absolute atomic E-state index is 4.41. The van der Waals surface area contributed by atoms with Crippen molar-refractivity contribution in [3.05, 3.63) is 43.4 Å². The molecule has 4 rings (SSSR count). The average molecular weight is 221 g/mol. The summed E-state index contributed by atoms with van der Waals surface area (Å²) in [6.45, 7) is 0.